The molecule has 0 aliphatic rings. The molecule has 1 heterocycles. The summed E-state index contributed by atoms with van der Waals surface area (Å²) in [5.41, 5.74) is 7.86. The Morgan fingerprint density at radius 2 is 2.00 bits per heavy atom. The third kappa shape index (κ3) is 2.45. The van der Waals surface area contributed by atoms with E-state index in [1.807, 2.05) is 30.3 Å². The fourth-order valence-corrected chi connectivity index (χ4v) is 2.20. The van der Waals surface area contributed by atoms with Crippen molar-refractivity contribution in [3.8, 4) is 5.75 Å². The van der Waals surface area contributed by atoms with E-state index >= 15 is 0 Å². The normalized spacial score (nSPS) is 10.6. The Labute approximate surface area is 121 Å². The summed E-state index contributed by atoms with van der Waals surface area (Å²) in [6.45, 7) is 0. The molecule has 0 fully saturated rings. The molecule has 0 bridgehead atoms. The molecule has 2 aromatic carbocycles. The number of nitrogens with two attached hydrogens (primary N) is 1. The van der Waals surface area contributed by atoms with E-state index in [0.717, 1.165) is 16.6 Å². The Bertz CT molecular complexity index is 799. The maximum absolute atomic E-state index is 14.0. The Morgan fingerprint density at radius 3 is 2.81 bits per heavy atom. The van der Waals surface area contributed by atoms with Crippen molar-refractivity contribution in [2.45, 2.75) is 0 Å². The van der Waals surface area contributed by atoms with Gasteiger partial charge in [-0.2, -0.15) is 0 Å². The van der Waals surface area contributed by atoms with Crippen molar-refractivity contribution in [1.29, 1.82) is 0 Å². The molecule has 5 heteroatoms. The molecule has 3 rings (SSSR count). The lowest BCUT2D eigenvalue weighted by Gasteiger charge is -2.13. The first kappa shape index (κ1) is 13.2. The van der Waals surface area contributed by atoms with Crippen LogP contribution in [0.2, 0.25) is 0 Å². The van der Waals surface area contributed by atoms with Crippen LogP contribution in [0.25, 0.3) is 10.9 Å². The van der Waals surface area contributed by atoms with Crippen molar-refractivity contribution >= 4 is 28.0 Å². The Hall–Kier alpha value is -2.82. The predicted octanol–water partition coefficient (Wildman–Crippen LogP) is 3.71. The molecule has 4 nitrogen and oxygen atoms in total. The van der Waals surface area contributed by atoms with Crippen molar-refractivity contribution in [3.05, 3.63) is 54.5 Å². The summed E-state index contributed by atoms with van der Waals surface area (Å²) in [4.78, 5) is 4.28. The van der Waals surface area contributed by atoms with Crippen LogP contribution < -0.4 is 15.8 Å². The number of anilines is 3. The summed E-state index contributed by atoms with van der Waals surface area (Å²) in [5, 5.41) is 3.98. The summed E-state index contributed by atoms with van der Waals surface area (Å²) in [6, 6.07) is 12.2. The van der Waals surface area contributed by atoms with Crippen LogP contribution in [0.4, 0.5) is 21.5 Å². The van der Waals surface area contributed by atoms with E-state index in [2.05, 4.69) is 10.3 Å². The van der Waals surface area contributed by atoms with Crippen LogP contribution >= 0.6 is 0 Å². The van der Waals surface area contributed by atoms with E-state index in [0.29, 0.717) is 11.4 Å². The highest BCUT2D eigenvalue weighted by atomic mass is 19.1. The average molecular weight is 283 g/mol. The van der Waals surface area contributed by atoms with Crippen molar-refractivity contribution in [2.24, 2.45) is 0 Å². The minimum Gasteiger partial charge on any atom is -0.495 e. The topological polar surface area (TPSA) is 60.2 Å². The van der Waals surface area contributed by atoms with Crippen LogP contribution in [-0.4, -0.2) is 12.1 Å². The Morgan fingerprint density at radius 1 is 1.14 bits per heavy atom. The van der Waals surface area contributed by atoms with Gasteiger partial charge in [0.1, 0.15) is 11.6 Å². The summed E-state index contributed by atoms with van der Waals surface area (Å²) >= 11 is 0. The number of hydrogen-bond donors (Lipinski definition) is 2. The fourth-order valence-electron chi connectivity index (χ4n) is 2.20. The van der Waals surface area contributed by atoms with Gasteiger partial charge in [-0.25, -0.2) is 4.39 Å². The predicted molar refractivity (Wildman–Crippen MR) is 82.4 cm³/mol. The second-order valence-corrected chi connectivity index (χ2v) is 4.57. The molecule has 3 aromatic rings. The monoisotopic (exact) mass is 283 g/mol. The third-order valence-corrected chi connectivity index (χ3v) is 3.23. The first-order valence-electron chi connectivity index (χ1n) is 6.43. The maximum atomic E-state index is 14.0. The Kier molecular flexibility index (Phi) is 3.31. The van der Waals surface area contributed by atoms with Crippen LogP contribution in [0.3, 0.4) is 0 Å². The van der Waals surface area contributed by atoms with Gasteiger partial charge in [-0.3, -0.25) is 4.98 Å². The molecule has 0 atom stereocenters. The number of benzene rings is 2. The first-order valence-corrected chi connectivity index (χ1v) is 6.43. The van der Waals surface area contributed by atoms with Gasteiger partial charge in [0.25, 0.3) is 0 Å². The zero-order valence-corrected chi connectivity index (χ0v) is 11.4. The number of rotatable bonds is 3. The standard InChI is InChI=1S/C16H14FN3O/c1-21-16-9-15(11(17)8-12(16)18)20-14-6-2-5-13-10(14)4-3-7-19-13/h2-9,20H,18H2,1H3. The van der Waals surface area contributed by atoms with Gasteiger partial charge in [0.15, 0.2) is 0 Å². The van der Waals surface area contributed by atoms with Crippen molar-refractivity contribution < 1.29 is 9.13 Å². The van der Waals surface area contributed by atoms with Gasteiger partial charge in [-0.15, -0.1) is 0 Å². The molecule has 0 aliphatic heterocycles. The van der Waals surface area contributed by atoms with E-state index in [1.54, 1.807) is 12.3 Å². The number of halogens is 1. The number of hydrogen-bond acceptors (Lipinski definition) is 4. The molecule has 0 saturated heterocycles. The van der Waals surface area contributed by atoms with Crippen molar-refractivity contribution in [1.82, 2.24) is 4.98 Å². The molecule has 21 heavy (non-hydrogen) atoms. The van der Waals surface area contributed by atoms with Gasteiger partial charge in [0.05, 0.1) is 24.0 Å². The SMILES string of the molecule is COc1cc(Nc2cccc3ncccc23)c(F)cc1N. The first-order chi connectivity index (χ1) is 10.2. The zero-order valence-electron chi connectivity index (χ0n) is 11.4. The van der Waals surface area contributed by atoms with Gasteiger partial charge in [0, 0.05) is 29.4 Å². The summed E-state index contributed by atoms with van der Waals surface area (Å²) in [5.74, 6) is -0.00791. The second-order valence-electron chi connectivity index (χ2n) is 4.57. The third-order valence-electron chi connectivity index (χ3n) is 3.23. The average Bonchev–Trinajstić information content (AvgIpc) is 2.50. The number of nitrogen functional groups attached to an aromatic ring is 1. The number of methoxy groups -OCH3 is 1. The number of aromatic nitrogens is 1. The molecule has 0 amide bonds. The highest BCUT2D eigenvalue weighted by Gasteiger charge is 2.10. The van der Waals surface area contributed by atoms with Gasteiger partial charge < -0.3 is 15.8 Å². The highest BCUT2D eigenvalue weighted by Crippen LogP contribution is 2.32. The van der Waals surface area contributed by atoms with Crippen molar-refractivity contribution in [3.63, 3.8) is 0 Å². The molecule has 106 valence electrons. The summed E-state index contributed by atoms with van der Waals surface area (Å²) in [7, 11) is 1.50. The lowest BCUT2D eigenvalue weighted by Crippen LogP contribution is -1.99. The van der Waals surface area contributed by atoms with Crippen LogP contribution in [-0.2, 0) is 0 Å². The summed E-state index contributed by atoms with van der Waals surface area (Å²) < 4.78 is 19.2. The largest absolute Gasteiger partial charge is 0.495 e. The minimum atomic E-state index is -0.436. The number of fused-ring (bicyclic) bond motifs is 1. The fraction of sp³-hybridized carbons (Fsp3) is 0.0625. The van der Waals surface area contributed by atoms with E-state index in [1.165, 1.54) is 13.2 Å². The lowest BCUT2D eigenvalue weighted by molar-refractivity contribution is 0.416. The van der Waals surface area contributed by atoms with E-state index in [4.69, 9.17) is 10.5 Å². The smallest absolute Gasteiger partial charge is 0.148 e. The van der Waals surface area contributed by atoms with Gasteiger partial charge in [-0.05, 0) is 24.3 Å². The molecular formula is C16H14FN3O. The highest BCUT2D eigenvalue weighted by molar-refractivity contribution is 5.93. The number of ether oxygens (including phenoxy) is 1. The maximum Gasteiger partial charge on any atom is 0.148 e. The van der Waals surface area contributed by atoms with E-state index in [-0.39, 0.29) is 5.69 Å². The van der Waals surface area contributed by atoms with Crippen molar-refractivity contribution in [2.75, 3.05) is 18.2 Å². The lowest BCUT2D eigenvalue weighted by atomic mass is 10.1. The molecule has 0 aliphatic carbocycles. The van der Waals surface area contributed by atoms with Gasteiger partial charge in [0.2, 0.25) is 0 Å². The van der Waals surface area contributed by atoms with Gasteiger partial charge in [-0.1, -0.05) is 6.07 Å². The molecule has 3 N–H and O–H groups in total. The molecule has 0 spiro atoms. The second kappa shape index (κ2) is 5.28. The number of nitrogens with zero attached hydrogens (tertiary/aromatic N) is 1. The van der Waals surface area contributed by atoms with Crippen LogP contribution in [0.1, 0.15) is 0 Å². The molecule has 0 saturated carbocycles. The van der Waals surface area contributed by atoms with Crippen LogP contribution in [0.15, 0.2) is 48.7 Å². The number of nitrogens with one attached hydrogen (secondary N) is 1. The van der Waals surface area contributed by atoms with Crippen LogP contribution in [0, 0.1) is 5.82 Å². The minimum absolute atomic E-state index is 0.264. The molecular weight excluding hydrogens is 269 g/mol. The zero-order chi connectivity index (χ0) is 14.8. The van der Waals surface area contributed by atoms with Crippen LogP contribution in [0.5, 0.6) is 5.75 Å². The number of pyridine rings is 1. The van der Waals surface area contributed by atoms with E-state index < -0.39 is 5.82 Å². The summed E-state index contributed by atoms with van der Waals surface area (Å²) in [6.07, 6.45) is 1.72. The molecule has 0 unspecified atom stereocenters. The van der Waals surface area contributed by atoms with Gasteiger partial charge >= 0.3 is 0 Å². The molecule has 1 aromatic heterocycles. The van der Waals surface area contributed by atoms with E-state index in [9.17, 15) is 4.39 Å². The Balaban J connectivity index is 2.07. The molecule has 0 radical (unpaired) electrons. The quantitative estimate of drug-likeness (QED) is 0.719.